The van der Waals surface area contributed by atoms with Gasteiger partial charge in [-0.15, -0.1) is 21.5 Å². The van der Waals surface area contributed by atoms with Gasteiger partial charge in [0.2, 0.25) is 5.91 Å². The van der Waals surface area contributed by atoms with Crippen LogP contribution in [0.25, 0.3) is 21.8 Å². The number of aromatic nitrogens is 3. The van der Waals surface area contributed by atoms with E-state index in [1.165, 1.54) is 11.8 Å². The summed E-state index contributed by atoms with van der Waals surface area (Å²) in [6, 6.07) is 21.9. The Balaban J connectivity index is 1.46. The molecule has 0 aliphatic heterocycles. The van der Waals surface area contributed by atoms with Gasteiger partial charge in [-0.05, 0) is 30.0 Å². The molecule has 2 aromatic carbocycles. The first-order chi connectivity index (χ1) is 14.3. The molecule has 0 bridgehead atoms. The molecule has 4 aromatic rings. The summed E-state index contributed by atoms with van der Waals surface area (Å²) in [7, 11) is 0. The van der Waals surface area contributed by atoms with Crippen LogP contribution in [0.5, 0.6) is 0 Å². The van der Waals surface area contributed by atoms with Crippen LogP contribution in [0.15, 0.2) is 77.3 Å². The normalized spacial score (nSPS) is 10.8. The number of para-hydroxylation sites is 1. The number of hydrogen-bond donors (Lipinski definition) is 1. The predicted molar refractivity (Wildman–Crippen MR) is 120 cm³/mol. The van der Waals surface area contributed by atoms with Crippen molar-refractivity contribution in [2.75, 3.05) is 11.1 Å². The van der Waals surface area contributed by atoms with Crippen molar-refractivity contribution in [2.24, 2.45) is 0 Å². The maximum Gasteiger partial charge on any atom is 0.234 e. The average Bonchev–Trinajstić information content (AvgIpc) is 3.42. The second-order valence-electron chi connectivity index (χ2n) is 6.28. The summed E-state index contributed by atoms with van der Waals surface area (Å²) in [5.74, 6) is 1.05. The number of benzene rings is 2. The molecule has 0 atom stereocenters. The van der Waals surface area contributed by atoms with Crippen molar-refractivity contribution >= 4 is 34.7 Å². The molecule has 29 heavy (non-hydrogen) atoms. The number of amides is 1. The molecule has 2 heterocycles. The maximum absolute atomic E-state index is 12.6. The highest BCUT2D eigenvalue weighted by atomic mass is 32.2. The Morgan fingerprint density at radius 2 is 1.83 bits per heavy atom. The van der Waals surface area contributed by atoms with Crippen molar-refractivity contribution < 1.29 is 4.79 Å². The van der Waals surface area contributed by atoms with Crippen LogP contribution >= 0.6 is 23.1 Å². The van der Waals surface area contributed by atoms with Crippen LogP contribution in [-0.4, -0.2) is 26.4 Å². The first-order valence-electron chi connectivity index (χ1n) is 9.30. The first kappa shape index (κ1) is 19.4. The van der Waals surface area contributed by atoms with Gasteiger partial charge in [0, 0.05) is 17.8 Å². The van der Waals surface area contributed by atoms with Crippen LogP contribution in [0, 0.1) is 0 Å². The van der Waals surface area contributed by atoms with Crippen LogP contribution in [-0.2, 0) is 11.3 Å². The molecular weight excluding hydrogens is 400 g/mol. The molecule has 1 amide bonds. The number of thiophene rings is 1. The Bertz CT molecular complexity index is 1090. The van der Waals surface area contributed by atoms with Crippen LogP contribution in [0.3, 0.4) is 0 Å². The van der Waals surface area contributed by atoms with Gasteiger partial charge in [0.25, 0.3) is 0 Å². The molecule has 5 nitrogen and oxygen atoms in total. The van der Waals surface area contributed by atoms with Gasteiger partial charge in [0.15, 0.2) is 11.0 Å². The van der Waals surface area contributed by atoms with Crippen molar-refractivity contribution in [3.63, 3.8) is 0 Å². The van der Waals surface area contributed by atoms with E-state index in [-0.39, 0.29) is 11.7 Å². The molecule has 0 fully saturated rings. The summed E-state index contributed by atoms with van der Waals surface area (Å²) in [4.78, 5) is 13.7. The van der Waals surface area contributed by atoms with Gasteiger partial charge in [0.1, 0.15) is 0 Å². The number of carbonyl (C=O) groups is 1. The third-order valence-electron chi connectivity index (χ3n) is 4.39. The zero-order valence-corrected chi connectivity index (χ0v) is 17.5. The second-order valence-corrected chi connectivity index (χ2v) is 8.17. The van der Waals surface area contributed by atoms with Crippen molar-refractivity contribution in [3.05, 3.63) is 72.1 Å². The highest BCUT2D eigenvalue weighted by Crippen LogP contribution is 2.29. The molecule has 0 radical (unpaired) electrons. The standard InChI is InChI=1S/C22H20N4OS2/c1-2-26-21(19-13-8-14-28-19)24-25-22(26)29-15-20(27)23-18-12-7-6-11-17(18)16-9-4-3-5-10-16/h3-14H,2,15H2,1H3,(H,23,27). The van der Waals surface area contributed by atoms with E-state index >= 15 is 0 Å². The van der Waals surface area contributed by atoms with E-state index in [9.17, 15) is 4.79 Å². The SMILES string of the molecule is CCn1c(SCC(=O)Nc2ccccc2-c2ccccc2)nnc1-c1cccs1. The molecule has 1 N–H and O–H groups in total. The lowest BCUT2D eigenvalue weighted by Crippen LogP contribution is -2.15. The summed E-state index contributed by atoms with van der Waals surface area (Å²) in [5, 5.41) is 14.4. The van der Waals surface area contributed by atoms with Crippen LogP contribution in [0.1, 0.15) is 6.92 Å². The third-order valence-corrected chi connectivity index (χ3v) is 6.23. The first-order valence-corrected chi connectivity index (χ1v) is 11.2. The van der Waals surface area contributed by atoms with E-state index in [2.05, 4.69) is 22.4 Å². The minimum atomic E-state index is -0.0679. The molecule has 0 unspecified atom stereocenters. The Morgan fingerprint density at radius 1 is 1.03 bits per heavy atom. The summed E-state index contributed by atoms with van der Waals surface area (Å²) in [5.41, 5.74) is 2.88. The highest BCUT2D eigenvalue weighted by Gasteiger charge is 2.16. The van der Waals surface area contributed by atoms with Gasteiger partial charge in [0.05, 0.1) is 10.6 Å². The van der Waals surface area contributed by atoms with E-state index in [1.54, 1.807) is 11.3 Å². The van der Waals surface area contributed by atoms with E-state index in [0.717, 1.165) is 39.2 Å². The van der Waals surface area contributed by atoms with Crippen LogP contribution < -0.4 is 5.32 Å². The van der Waals surface area contributed by atoms with Crippen molar-refractivity contribution in [1.82, 2.24) is 14.8 Å². The minimum absolute atomic E-state index is 0.0679. The topological polar surface area (TPSA) is 59.8 Å². The van der Waals surface area contributed by atoms with E-state index in [1.807, 2.05) is 76.7 Å². The lowest BCUT2D eigenvalue weighted by atomic mass is 10.0. The van der Waals surface area contributed by atoms with Crippen LogP contribution in [0.4, 0.5) is 5.69 Å². The average molecular weight is 421 g/mol. The van der Waals surface area contributed by atoms with E-state index < -0.39 is 0 Å². The second kappa shape index (κ2) is 9.07. The molecule has 0 aliphatic carbocycles. The van der Waals surface area contributed by atoms with Crippen molar-refractivity contribution in [1.29, 1.82) is 0 Å². The van der Waals surface area contributed by atoms with Gasteiger partial charge < -0.3 is 9.88 Å². The molecule has 0 saturated carbocycles. The Labute approximate surface area is 177 Å². The fourth-order valence-corrected chi connectivity index (χ4v) is 4.57. The number of thioether (sulfide) groups is 1. The lowest BCUT2D eigenvalue weighted by Gasteiger charge is -2.11. The minimum Gasteiger partial charge on any atom is -0.325 e. The molecule has 0 aliphatic rings. The number of nitrogens with zero attached hydrogens (tertiary/aromatic N) is 3. The van der Waals surface area contributed by atoms with Crippen molar-refractivity contribution in [3.8, 4) is 21.8 Å². The lowest BCUT2D eigenvalue weighted by molar-refractivity contribution is -0.113. The molecule has 146 valence electrons. The summed E-state index contributed by atoms with van der Waals surface area (Å²) >= 11 is 3.03. The monoisotopic (exact) mass is 420 g/mol. The van der Waals surface area contributed by atoms with Gasteiger partial charge in [-0.25, -0.2) is 0 Å². The Morgan fingerprint density at radius 3 is 2.59 bits per heavy atom. The number of nitrogens with one attached hydrogen (secondary N) is 1. The summed E-state index contributed by atoms with van der Waals surface area (Å²) < 4.78 is 2.04. The molecule has 4 rings (SSSR count). The van der Waals surface area contributed by atoms with E-state index in [0.29, 0.717) is 0 Å². The fourth-order valence-electron chi connectivity index (χ4n) is 3.05. The van der Waals surface area contributed by atoms with Gasteiger partial charge >= 0.3 is 0 Å². The largest absolute Gasteiger partial charge is 0.325 e. The van der Waals surface area contributed by atoms with E-state index in [4.69, 9.17) is 0 Å². The number of rotatable bonds is 7. The smallest absolute Gasteiger partial charge is 0.234 e. The predicted octanol–water partition coefficient (Wildman–Crippen LogP) is 5.42. The number of carbonyl (C=O) groups excluding carboxylic acids is 1. The molecule has 0 spiro atoms. The quantitative estimate of drug-likeness (QED) is 0.405. The Kier molecular flexibility index (Phi) is 6.07. The zero-order chi connectivity index (χ0) is 20.1. The zero-order valence-electron chi connectivity index (χ0n) is 15.9. The number of hydrogen-bond acceptors (Lipinski definition) is 5. The maximum atomic E-state index is 12.6. The van der Waals surface area contributed by atoms with Gasteiger partial charge in [-0.2, -0.15) is 0 Å². The number of anilines is 1. The van der Waals surface area contributed by atoms with Crippen LogP contribution in [0.2, 0.25) is 0 Å². The van der Waals surface area contributed by atoms with Crippen molar-refractivity contribution in [2.45, 2.75) is 18.6 Å². The van der Waals surface area contributed by atoms with Gasteiger partial charge in [-0.1, -0.05) is 66.4 Å². The fraction of sp³-hybridized carbons (Fsp3) is 0.136. The Hall–Kier alpha value is -2.90. The molecule has 7 heteroatoms. The third kappa shape index (κ3) is 4.41. The summed E-state index contributed by atoms with van der Waals surface area (Å²) in [6.07, 6.45) is 0. The molecule has 0 saturated heterocycles. The molecular formula is C22H20N4OS2. The van der Waals surface area contributed by atoms with Gasteiger partial charge in [-0.3, -0.25) is 4.79 Å². The molecule has 2 aromatic heterocycles. The highest BCUT2D eigenvalue weighted by molar-refractivity contribution is 7.99. The summed E-state index contributed by atoms with van der Waals surface area (Å²) in [6.45, 7) is 2.81.